The van der Waals surface area contributed by atoms with Gasteiger partial charge in [-0.3, -0.25) is 4.90 Å². The van der Waals surface area contributed by atoms with Gasteiger partial charge in [-0.2, -0.15) is 0 Å². The molecule has 0 radical (unpaired) electrons. The van der Waals surface area contributed by atoms with Crippen molar-refractivity contribution in [2.45, 2.75) is 74.9 Å². The predicted molar refractivity (Wildman–Crippen MR) is 234 cm³/mol. The summed E-state index contributed by atoms with van der Waals surface area (Å²) in [7, 11) is 0. The van der Waals surface area contributed by atoms with E-state index in [0.717, 1.165) is 38.9 Å². The van der Waals surface area contributed by atoms with Crippen molar-refractivity contribution in [3.05, 3.63) is 190 Å². The molecule has 2 aliphatic heterocycles. The zero-order valence-corrected chi connectivity index (χ0v) is 34.8. The Hall–Kier alpha value is -6.31. The fourth-order valence-corrected chi connectivity index (χ4v) is 8.54. The molecule has 0 spiro atoms. The highest BCUT2D eigenvalue weighted by Gasteiger charge is 2.51. The monoisotopic (exact) mass is 850 g/mol. The van der Waals surface area contributed by atoms with Crippen LogP contribution in [-0.4, -0.2) is 86.1 Å². The number of fused-ring (bicyclic) bond motifs is 3. The Labute approximate surface area is 366 Å². The molecule has 0 saturated carbocycles. The second-order valence-electron chi connectivity index (χ2n) is 15.6. The molecule has 7 atom stereocenters. The first-order valence-corrected chi connectivity index (χ1v) is 21.2. The maximum atomic E-state index is 14.1. The Morgan fingerprint density at radius 2 is 1.29 bits per heavy atom. The van der Waals surface area contributed by atoms with Gasteiger partial charge in [0, 0.05) is 17.3 Å². The van der Waals surface area contributed by atoms with E-state index in [0.29, 0.717) is 6.61 Å². The van der Waals surface area contributed by atoms with E-state index in [1.807, 2.05) is 127 Å². The maximum absolute atomic E-state index is 14.1. The zero-order valence-electron chi connectivity index (χ0n) is 34.8. The lowest BCUT2D eigenvalue weighted by atomic mass is 9.96. The lowest BCUT2D eigenvalue weighted by Crippen LogP contribution is -2.61. The van der Waals surface area contributed by atoms with E-state index in [9.17, 15) is 15.1 Å². The average Bonchev–Trinajstić information content (AvgIpc) is 3.90. The van der Waals surface area contributed by atoms with Gasteiger partial charge in [-0.25, -0.2) is 9.59 Å². The van der Waals surface area contributed by atoms with Crippen molar-refractivity contribution in [3.63, 3.8) is 0 Å². The van der Waals surface area contributed by atoms with Crippen molar-refractivity contribution in [1.82, 2.24) is 4.90 Å². The first-order valence-electron chi connectivity index (χ1n) is 21.2. The van der Waals surface area contributed by atoms with Gasteiger partial charge in [0.25, 0.3) is 0 Å². The number of likely N-dealkylation sites (tertiary alicyclic amines) is 1. The van der Waals surface area contributed by atoms with E-state index in [4.69, 9.17) is 33.2 Å². The lowest BCUT2D eigenvalue weighted by Gasteiger charge is -2.45. The molecule has 5 aromatic carbocycles. The highest BCUT2D eigenvalue weighted by Crippen LogP contribution is 2.45. The maximum Gasteiger partial charge on any atom is 0.410 e. The van der Waals surface area contributed by atoms with Crippen LogP contribution in [0.2, 0.25) is 0 Å². The molecule has 0 bridgehead atoms. The highest BCUT2D eigenvalue weighted by molar-refractivity contribution is 5.83. The quantitative estimate of drug-likeness (QED) is 0.0277. The number of esters is 1. The number of hydrogen-bond donors (Lipinski definition) is 0. The van der Waals surface area contributed by atoms with Gasteiger partial charge >= 0.3 is 12.1 Å². The second-order valence-corrected chi connectivity index (χ2v) is 15.6. The number of amides is 1. The van der Waals surface area contributed by atoms with Gasteiger partial charge in [0.05, 0.1) is 39.1 Å². The van der Waals surface area contributed by atoms with Crippen molar-refractivity contribution in [2.24, 2.45) is 5.11 Å². The Balaban J connectivity index is 1.04. The van der Waals surface area contributed by atoms with Crippen LogP contribution in [-0.2, 0) is 57.8 Å². The molecule has 8 rings (SSSR count). The zero-order chi connectivity index (χ0) is 43.4. The van der Waals surface area contributed by atoms with E-state index in [1.165, 1.54) is 11.0 Å². The third-order valence-corrected chi connectivity index (χ3v) is 11.5. The summed E-state index contributed by atoms with van der Waals surface area (Å²) >= 11 is 0. The van der Waals surface area contributed by atoms with Crippen LogP contribution < -0.4 is 0 Å². The molecule has 0 aromatic heterocycles. The highest BCUT2D eigenvalue weighted by atomic mass is 16.7. The van der Waals surface area contributed by atoms with Gasteiger partial charge in [-0.15, -0.1) is 0 Å². The molecule has 13 heteroatoms. The van der Waals surface area contributed by atoms with E-state index >= 15 is 0 Å². The number of azide groups is 1. The molecule has 2 heterocycles. The van der Waals surface area contributed by atoms with Crippen LogP contribution in [0.15, 0.2) is 157 Å². The van der Waals surface area contributed by atoms with Crippen LogP contribution in [0.25, 0.3) is 21.6 Å². The van der Waals surface area contributed by atoms with Gasteiger partial charge in [0.2, 0.25) is 0 Å². The Morgan fingerprint density at radius 3 is 1.87 bits per heavy atom. The Morgan fingerprint density at radius 1 is 0.730 bits per heavy atom. The smallest absolute Gasteiger partial charge is 0.410 e. The Bertz CT molecular complexity index is 2300. The van der Waals surface area contributed by atoms with E-state index in [-0.39, 0.29) is 51.9 Å². The summed E-state index contributed by atoms with van der Waals surface area (Å²) in [5, 5.41) is 4.20. The standard InChI is InChI=1S/C50H50N4O9/c1-2-26-58-48(55)43-27-37(28-54(43)50(56)61-32-42-40-24-14-12-22-38(40)39-23-13-15-25-41(39)42)62-49-45(52-53-51)47(60-31-36-20-10-5-11-21-36)46(59-30-35-18-8-4-9-19-35)44(63-49)33-57-29-34-16-6-3-7-17-34/h2-25,37,42-47,49H,1,26-33H2/t37-,43+,44-,45-,46-,47-,49-/m1/s1. The largest absolute Gasteiger partial charge is 0.460 e. The van der Waals surface area contributed by atoms with Gasteiger partial charge in [0.1, 0.15) is 43.6 Å². The summed E-state index contributed by atoms with van der Waals surface area (Å²) in [5.41, 5.74) is 17.1. The van der Waals surface area contributed by atoms with E-state index < -0.39 is 54.9 Å². The predicted octanol–water partition coefficient (Wildman–Crippen LogP) is 8.92. The van der Waals surface area contributed by atoms with Crippen LogP contribution in [0.3, 0.4) is 0 Å². The van der Waals surface area contributed by atoms with Crippen LogP contribution in [0.4, 0.5) is 4.79 Å². The number of nitrogens with zero attached hydrogens (tertiary/aromatic N) is 4. The SMILES string of the molecule is C=CCOC(=O)[C@@H]1C[C@@H](O[C@@H]2O[C@H](COCc3ccccc3)[C@@H](OCc3ccccc3)[C@H](OCc3ccccc3)[C@H]2N=[N+]=[N-])CN1C(=O)OCC1c2ccccc2-c2ccccc21. The first-order chi connectivity index (χ1) is 31.0. The molecule has 2 saturated heterocycles. The molecule has 63 heavy (non-hydrogen) atoms. The molecule has 3 aliphatic rings. The van der Waals surface area contributed by atoms with Gasteiger partial charge in [-0.05, 0) is 44.5 Å². The molecular weight excluding hydrogens is 801 g/mol. The van der Waals surface area contributed by atoms with Crippen molar-refractivity contribution >= 4 is 12.1 Å². The minimum Gasteiger partial charge on any atom is -0.460 e. The fraction of sp³-hybridized carbons (Fsp3) is 0.320. The summed E-state index contributed by atoms with van der Waals surface area (Å²) < 4.78 is 44.4. The fourth-order valence-electron chi connectivity index (χ4n) is 8.54. The summed E-state index contributed by atoms with van der Waals surface area (Å²) in [5.74, 6) is -0.815. The molecule has 0 unspecified atom stereocenters. The lowest BCUT2D eigenvalue weighted by molar-refractivity contribution is -0.294. The van der Waals surface area contributed by atoms with E-state index in [1.54, 1.807) is 0 Å². The third kappa shape index (κ3) is 10.5. The topological polar surface area (TPSA) is 151 Å². The molecular formula is C50H50N4O9. The molecule has 1 amide bonds. The number of ether oxygens (including phenoxy) is 7. The van der Waals surface area contributed by atoms with Crippen molar-refractivity contribution in [3.8, 4) is 11.1 Å². The van der Waals surface area contributed by atoms with Crippen molar-refractivity contribution in [1.29, 1.82) is 0 Å². The second kappa shape index (κ2) is 21.2. The van der Waals surface area contributed by atoms with Gasteiger partial charge in [0.15, 0.2) is 6.29 Å². The summed E-state index contributed by atoms with van der Waals surface area (Å²) in [4.78, 5) is 32.2. The summed E-state index contributed by atoms with van der Waals surface area (Å²) in [6.45, 7) is 4.43. The normalized spacial score (nSPS) is 22.7. The van der Waals surface area contributed by atoms with Crippen LogP contribution in [0.1, 0.15) is 40.2 Å². The Kier molecular flexibility index (Phi) is 14.6. The van der Waals surface area contributed by atoms with Gasteiger partial charge < -0.3 is 33.2 Å². The number of benzene rings is 5. The number of hydrogen-bond acceptors (Lipinski definition) is 10. The van der Waals surface area contributed by atoms with Crippen LogP contribution in [0.5, 0.6) is 0 Å². The van der Waals surface area contributed by atoms with E-state index in [2.05, 4.69) is 28.7 Å². The van der Waals surface area contributed by atoms with Gasteiger partial charge in [-0.1, -0.05) is 157 Å². The molecule has 13 nitrogen and oxygen atoms in total. The van der Waals surface area contributed by atoms with Crippen LogP contribution in [0, 0.1) is 0 Å². The average molecular weight is 851 g/mol. The summed E-state index contributed by atoms with van der Waals surface area (Å²) in [6, 6.07) is 43.2. The molecule has 5 aromatic rings. The minimum absolute atomic E-state index is 0.0357. The van der Waals surface area contributed by atoms with Crippen molar-refractivity contribution < 1.29 is 42.7 Å². The summed E-state index contributed by atoms with van der Waals surface area (Å²) in [6.07, 6.45) is -3.54. The van der Waals surface area contributed by atoms with Crippen molar-refractivity contribution in [2.75, 3.05) is 26.4 Å². The third-order valence-electron chi connectivity index (χ3n) is 11.5. The number of carbonyl (C=O) groups excluding carboxylic acids is 2. The molecule has 0 N–H and O–H groups in total. The first kappa shape index (κ1) is 43.3. The molecule has 2 fully saturated rings. The number of carbonyl (C=O) groups is 2. The number of rotatable bonds is 18. The minimum atomic E-state index is -1.19. The molecule has 1 aliphatic carbocycles. The molecule has 324 valence electrons. The van der Waals surface area contributed by atoms with Crippen LogP contribution >= 0.6 is 0 Å².